The number of hydrogen-bond donors (Lipinski definition) is 1. The molecule has 1 aliphatic rings. The maximum Gasteiger partial charge on any atom is 0.150 e. The van der Waals surface area contributed by atoms with Crippen molar-refractivity contribution < 1.29 is 4.52 Å². The van der Waals surface area contributed by atoms with Gasteiger partial charge in [0.15, 0.2) is 0 Å². The third-order valence-corrected chi connectivity index (χ3v) is 3.61. The summed E-state index contributed by atoms with van der Waals surface area (Å²) in [5, 5.41) is 7.33. The van der Waals surface area contributed by atoms with Crippen LogP contribution in [0.3, 0.4) is 0 Å². The Bertz CT molecular complexity index is 338. The molecule has 1 saturated carbocycles. The van der Waals surface area contributed by atoms with Crippen molar-refractivity contribution >= 4 is 0 Å². The molecule has 0 unspecified atom stereocenters. The zero-order valence-electron chi connectivity index (χ0n) is 11.4. The van der Waals surface area contributed by atoms with Crippen molar-refractivity contribution in [2.45, 2.75) is 59.5 Å². The van der Waals surface area contributed by atoms with Crippen LogP contribution < -0.4 is 5.32 Å². The van der Waals surface area contributed by atoms with Crippen LogP contribution in [0.25, 0.3) is 0 Å². The molecule has 1 N–H and O–H groups in total. The Hall–Kier alpha value is -0.830. The molecule has 0 aliphatic heterocycles. The Labute approximate surface area is 104 Å². The fourth-order valence-corrected chi connectivity index (χ4v) is 3.57. The van der Waals surface area contributed by atoms with Gasteiger partial charge >= 0.3 is 0 Å². The van der Waals surface area contributed by atoms with Crippen LogP contribution in [0.15, 0.2) is 16.8 Å². The van der Waals surface area contributed by atoms with Crippen LogP contribution in [-0.2, 0) is 6.54 Å². The van der Waals surface area contributed by atoms with Crippen molar-refractivity contribution in [2.24, 2.45) is 10.8 Å². The van der Waals surface area contributed by atoms with Crippen molar-refractivity contribution in [1.82, 2.24) is 10.5 Å². The second kappa shape index (κ2) is 4.45. The smallest absolute Gasteiger partial charge is 0.150 e. The Kier molecular flexibility index (Phi) is 3.30. The van der Waals surface area contributed by atoms with Crippen molar-refractivity contribution in [1.29, 1.82) is 0 Å². The predicted molar refractivity (Wildman–Crippen MR) is 68.5 cm³/mol. The topological polar surface area (TPSA) is 38.1 Å². The minimum atomic E-state index is 0.431. The van der Waals surface area contributed by atoms with Crippen LogP contribution in [0.1, 0.15) is 52.7 Å². The van der Waals surface area contributed by atoms with E-state index in [2.05, 4.69) is 38.2 Å². The molecule has 2 rings (SSSR count). The molecule has 0 amide bonds. The third-order valence-electron chi connectivity index (χ3n) is 3.61. The molecule has 96 valence electrons. The van der Waals surface area contributed by atoms with Gasteiger partial charge in [-0.15, -0.1) is 0 Å². The number of hydrogen-bond acceptors (Lipinski definition) is 3. The van der Waals surface area contributed by atoms with Gasteiger partial charge < -0.3 is 9.84 Å². The molecule has 1 aliphatic carbocycles. The highest BCUT2D eigenvalue weighted by atomic mass is 16.5. The van der Waals surface area contributed by atoms with Crippen LogP contribution in [0.4, 0.5) is 0 Å². The average molecular weight is 236 g/mol. The van der Waals surface area contributed by atoms with Crippen LogP contribution in [0.5, 0.6) is 0 Å². The summed E-state index contributed by atoms with van der Waals surface area (Å²) in [7, 11) is 0. The predicted octanol–water partition coefficient (Wildman–Crippen LogP) is 3.37. The fourth-order valence-electron chi connectivity index (χ4n) is 3.57. The van der Waals surface area contributed by atoms with E-state index in [-0.39, 0.29) is 0 Å². The number of rotatable bonds is 3. The lowest BCUT2D eigenvalue weighted by molar-refractivity contribution is 0.0834. The minimum absolute atomic E-state index is 0.431. The molecule has 0 aromatic carbocycles. The normalized spacial score (nSPS) is 23.8. The highest BCUT2D eigenvalue weighted by molar-refractivity contribution is 4.96. The zero-order valence-corrected chi connectivity index (χ0v) is 11.4. The van der Waals surface area contributed by atoms with E-state index >= 15 is 0 Å². The van der Waals surface area contributed by atoms with Crippen LogP contribution in [0.2, 0.25) is 0 Å². The second-order valence-corrected chi connectivity index (χ2v) is 6.97. The zero-order chi connectivity index (χ0) is 12.5. The van der Waals surface area contributed by atoms with Gasteiger partial charge in [-0.05, 0) is 30.1 Å². The summed E-state index contributed by atoms with van der Waals surface area (Å²) in [6.07, 6.45) is 5.49. The van der Waals surface area contributed by atoms with Gasteiger partial charge in [-0.2, -0.15) is 0 Å². The van der Waals surface area contributed by atoms with Crippen LogP contribution in [-0.4, -0.2) is 11.2 Å². The molecule has 1 fully saturated rings. The van der Waals surface area contributed by atoms with Gasteiger partial charge in [-0.1, -0.05) is 32.9 Å². The standard InChI is InChI=1S/C14H24N2O/c1-13(2)7-11(8-14(3,4)10-13)15-9-12-5-6-16-17-12/h5-6,11,15H,7-10H2,1-4H3. The maximum absolute atomic E-state index is 5.12. The molecule has 1 aromatic rings. The van der Waals surface area contributed by atoms with Gasteiger partial charge in [0.1, 0.15) is 5.76 Å². The van der Waals surface area contributed by atoms with Gasteiger partial charge in [0.05, 0.1) is 12.7 Å². The molecule has 1 aromatic heterocycles. The number of aromatic nitrogens is 1. The van der Waals surface area contributed by atoms with E-state index in [1.807, 2.05) is 6.07 Å². The lowest BCUT2D eigenvalue weighted by atomic mass is 9.63. The SMILES string of the molecule is CC1(C)CC(NCc2ccno2)CC(C)(C)C1. The molecule has 1 heterocycles. The summed E-state index contributed by atoms with van der Waals surface area (Å²) in [5.41, 5.74) is 0.863. The Morgan fingerprint density at radius 3 is 2.47 bits per heavy atom. The van der Waals surface area contributed by atoms with E-state index in [4.69, 9.17) is 4.52 Å². The Balaban J connectivity index is 1.92. The number of nitrogens with one attached hydrogen (secondary N) is 1. The van der Waals surface area contributed by atoms with E-state index in [1.54, 1.807) is 6.20 Å². The quantitative estimate of drug-likeness (QED) is 0.874. The molecular weight excluding hydrogens is 212 g/mol. The van der Waals surface area contributed by atoms with Crippen molar-refractivity contribution in [3.63, 3.8) is 0 Å². The van der Waals surface area contributed by atoms with Crippen molar-refractivity contribution in [3.05, 3.63) is 18.0 Å². The number of nitrogens with zero attached hydrogens (tertiary/aromatic N) is 1. The van der Waals surface area contributed by atoms with Crippen LogP contribution in [0, 0.1) is 10.8 Å². The van der Waals surface area contributed by atoms with Gasteiger partial charge in [-0.25, -0.2) is 0 Å². The minimum Gasteiger partial charge on any atom is -0.360 e. The Morgan fingerprint density at radius 2 is 1.94 bits per heavy atom. The lowest BCUT2D eigenvalue weighted by Gasteiger charge is -2.45. The molecule has 0 atom stereocenters. The van der Waals surface area contributed by atoms with E-state index in [0.717, 1.165) is 12.3 Å². The van der Waals surface area contributed by atoms with E-state index in [9.17, 15) is 0 Å². The summed E-state index contributed by atoms with van der Waals surface area (Å²) in [4.78, 5) is 0. The first-order valence-corrected chi connectivity index (χ1v) is 6.49. The molecule has 3 nitrogen and oxygen atoms in total. The van der Waals surface area contributed by atoms with Crippen molar-refractivity contribution in [3.8, 4) is 0 Å². The molecule has 0 spiro atoms. The van der Waals surface area contributed by atoms with Gasteiger partial charge in [0, 0.05) is 12.1 Å². The molecular formula is C14H24N2O. The van der Waals surface area contributed by atoms with Crippen molar-refractivity contribution in [2.75, 3.05) is 0 Å². The maximum atomic E-state index is 5.12. The van der Waals surface area contributed by atoms with Crippen LogP contribution >= 0.6 is 0 Å². The summed E-state index contributed by atoms with van der Waals surface area (Å²) >= 11 is 0. The second-order valence-electron chi connectivity index (χ2n) is 6.97. The Morgan fingerprint density at radius 1 is 1.29 bits per heavy atom. The van der Waals surface area contributed by atoms with Gasteiger partial charge in [-0.3, -0.25) is 0 Å². The van der Waals surface area contributed by atoms with E-state index in [0.29, 0.717) is 16.9 Å². The lowest BCUT2D eigenvalue weighted by Crippen LogP contribution is -2.43. The highest BCUT2D eigenvalue weighted by Gasteiger charge is 2.38. The van der Waals surface area contributed by atoms with Gasteiger partial charge in [0.25, 0.3) is 0 Å². The average Bonchev–Trinajstić information content (AvgIpc) is 2.61. The summed E-state index contributed by atoms with van der Waals surface area (Å²) in [6.45, 7) is 10.3. The highest BCUT2D eigenvalue weighted by Crippen LogP contribution is 2.45. The fraction of sp³-hybridized carbons (Fsp3) is 0.786. The first kappa shape index (κ1) is 12.6. The van der Waals surface area contributed by atoms with E-state index in [1.165, 1.54) is 19.3 Å². The molecule has 0 radical (unpaired) electrons. The van der Waals surface area contributed by atoms with Gasteiger partial charge in [0.2, 0.25) is 0 Å². The summed E-state index contributed by atoms with van der Waals surface area (Å²) in [6, 6.07) is 2.50. The summed E-state index contributed by atoms with van der Waals surface area (Å²) < 4.78 is 5.12. The molecule has 0 saturated heterocycles. The molecule has 3 heteroatoms. The largest absolute Gasteiger partial charge is 0.360 e. The molecule has 17 heavy (non-hydrogen) atoms. The first-order valence-electron chi connectivity index (χ1n) is 6.49. The summed E-state index contributed by atoms with van der Waals surface area (Å²) in [5.74, 6) is 0.922. The van der Waals surface area contributed by atoms with E-state index < -0.39 is 0 Å². The monoisotopic (exact) mass is 236 g/mol. The first-order chi connectivity index (χ1) is 7.86. The molecule has 0 bridgehead atoms. The third kappa shape index (κ3) is 3.56.